The van der Waals surface area contributed by atoms with Crippen molar-refractivity contribution in [3.8, 4) is 11.4 Å². The molecule has 0 saturated heterocycles. The number of carbonyl (C=O) groups is 1. The van der Waals surface area contributed by atoms with E-state index in [0.717, 1.165) is 12.1 Å². The molecule has 3 aromatic rings. The topological polar surface area (TPSA) is 132 Å². The van der Waals surface area contributed by atoms with Gasteiger partial charge in [-0.2, -0.15) is 26.3 Å². The fourth-order valence-electron chi connectivity index (χ4n) is 3.60. The van der Waals surface area contributed by atoms with E-state index >= 15 is 0 Å². The smallest absolute Gasteiger partial charge is 0.382 e. The maximum atomic E-state index is 13.5. The lowest BCUT2D eigenvalue weighted by Crippen LogP contribution is -2.40. The minimum Gasteiger partial charge on any atom is -0.382 e. The Labute approximate surface area is 219 Å². The van der Waals surface area contributed by atoms with Gasteiger partial charge in [0, 0.05) is 15.5 Å². The minimum atomic E-state index is -5.10. The molecule has 0 bridgehead atoms. The summed E-state index contributed by atoms with van der Waals surface area (Å²) in [7, 11) is 0. The molecule has 0 aliphatic rings. The number of nitro groups is 1. The van der Waals surface area contributed by atoms with Crippen molar-refractivity contribution in [2.75, 3.05) is 6.54 Å². The largest absolute Gasteiger partial charge is 0.416 e. The minimum absolute atomic E-state index is 0.0929. The van der Waals surface area contributed by atoms with Gasteiger partial charge in [-0.25, -0.2) is 9.48 Å². The van der Waals surface area contributed by atoms with E-state index in [1.807, 2.05) is 0 Å². The molecule has 2 N–H and O–H groups in total. The maximum Gasteiger partial charge on any atom is 0.416 e. The number of aliphatic hydroxyl groups is 1. The van der Waals surface area contributed by atoms with E-state index in [0.29, 0.717) is 15.3 Å². The van der Waals surface area contributed by atoms with Crippen LogP contribution in [0, 0.1) is 10.1 Å². The Morgan fingerprint density at radius 1 is 1.10 bits per heavy atom. The normalized spacial score (nSPS) is 13.6. The molecular weight excluding hydrogens is 564 g/mol. The molecule has 3 rings (SSSR count). The summed E-state index contributed by atoms with van der Waals surface area (Å²) in [6.07, 6.45) is -13.0. The predicted octanol–water partition coefficient (Wildman–Crippen LogP) is 3.44. The third-order valence-electron chi connectivity index (χ3n) is 5.36. The van der Waals surface area contributed by atoms with Gasteiger partial charge in [0.25, 0.3) is 0 Å². The van der Waals surface area contributed by atoms with Gasteiger partial charge in [-0.3, -0.25) is 19.5 Å². The third-order valence-corrected chi connectivity index (χ3v) is 5.61. The average Bonchev–Trinajstić information content (AvgIpc) is 3.12. The Morgan fingerprint density at radius 3 is 2.28 bits per heavy atom. The standard InChI is InChI=1S/C22H18ClF6N5O5/c23-13-7-5-12(6-8-13)19-31-33(20(37)32(19)10-17(35)22(27,28)29)11-18(36)30-16(9-34(38)39)14-3-1-2-4-15(14)21(24,25)26/h1-8,16-17,35H,9-11H2,(H,30,36)/t16?,17-/m0/s1. The molecule has 39 heavy (non-hydrogen) atoms. The van der Waals surface area contributed by atoms with Crippen molar-refractivity contribution in [1.29, 1.82) is 0 Å². The first-order chi connectivity index (χ1) is 18.1. The summed E-state index contributed by atoms with van der Waals surface area (Å²) in [5.41, 5.74) is -3.01. The predicted molar refractivity (Wildman–Crippen MR) is 123 cm³/mol. The number of nitrogens with one attached hydrogen (secondary N) is 1. The van der Waals surface area contributed by atoms with Crippen molar-refractivity contribution < 1.29 is 41.2 Å². The molecule has 2 atom stereocenters. The molecule has 0 aliphatic carbocycles. The number of benzene rings is 2. The Kier molecular flexibility index (Phi) is 8.70. The number of alkyl halides is 6. The molecule has 0 aliphatic heterocycles. The highest BCUT2D eigenvalue weighted by Gasteiger charge is 2.40. The maximum absolute atomic E-state index is 13.5. The molecule has 0 spiro atoms. The number of aliphatic hydroxyl groups excluding tert-OH is 1. The molecule has 2 aromatic carbocycles. The van der Waals surface area contributed by atoms with Crippen LogP contribution in [0.3, 0.4) is 0 Å². The molecule has 10 nitrogen and oxygen atoms in total. The van der Waals surface area contributed by atoms with Crippen LogP contribution in [0.15, 0.2) is 53.3 Å². The lowest BCUT2D eigenvalue weighted by Gasteiger charge is -2.20. The zero-order valence-corrected chi connectivity index (χ0v) is 20.2. The van der Waals surface area contributed by atoms with Crippen LogP contribution in [0.25, 0.3) is 11.4 Å². The van der Waals surface area contributed by atoms with Gasteiger partial charge < -0.3 is 10.4 Å². The van der Waals surface area contributed by atoms with Crippen LogP contribution in [-0.2, 0) is 24.1 Å². The van der Waals surface area contributed by atoms with Gasteiger partial charge >= 0.3 is 18.0 Å². The average molecular weight is 582 g/mol. The molecule has 1 heterocycles. The first-order valence-electron chi connectivity index (χ1n) is 10.8. The Balaban J connectivity index is 1.97. The molecule has 17 heteroatoms. The highest BCUT2D eigenvalue weighted by atomic mass is 35.5. The number of carbonyl (C=O) groups excluding carboxylic acids is 1. The van der Waals surface area contributed by atoms with E-state index in [1.165, 1.54) is 30.3 Å². The zero-order chi connectivity index (χ0) is 29.1. The first-order valence-corrected chi connectivity index (χ1v) is 11.2. The number of hydrogen-bond donors (Lipinski definition) is 2. The molecule has 1 aromatic heterocycles. The van der Waals surface area contributed by atoms with Gasteiger partial charge in [-0.05, 0) is 35.9 Å². The second kappa shape index (κ2) is 11.4. The summed E-state index contributed by atoms with van der Waals surface area (Å²) in [6.45, 7) is -3.45. The summed E-state index contributed by atoms with van der Waals surface area (Å²) >= 11 is 5.81. The van der Waals surface area contributed by atoms with E-state index < -0.39 is 71.8 Å². The summed E-state index contributed by atoms with van der Waals surface area (Å²) in [5, 5.41) is 26.8. The van der Waals surface area contributed by atoms with E-state index in [1.54, 1.807) is 0 Å². The van der Waals surface area contributed by atoms with E-state index in [4.69, 9.17) is 11.6 Å². The Hall–Kier alpha value is -3.92. The van der Waals surface area contributed by atoms with Gasteiger partial charge in [-0.1, -0.05) is 29.8 Å². The van der Waals surface area contributed by atoms with Crippen molar-refractivity contribution in [1.82, 2.24) is 19.7 Å². The van der Waals surface area contributed by atoms with Crippen LogP contribution in [0.4, 0.5) is 26.3 Å². The highest BCUT2D eigenvalue weighted by Crippen LogP contribution is 2.34. The van der Waals surface area contributed by atoms with Gasteiger partial charge in [0.2, 0.25) is 12.5 Å². The number of halogens is 7. The molecule has 0 saturated carbocycles. The first kappa shape index (κ1) is 29.6. The van der Waals surface area contributed by atoms with Crippen LogP contribution < -0.4 is 11.0 Å². The van der Waals surface area contributed by atoms with Gasteiger partial charge in [0.15, 0.2) is 11.9 Å². The number of nitrogens with zero attached hydrogens (tertiary/aromatic N) is 4. The monoisotopic (exact) mass is 581 g/mol. The van der Waals surface area contributed by atoms with Crippen LogP contribution >= 0.6 is 11.6 Å². The fraction of sp³-hybridized carbons (Fsp3) is 0.318. The molecule has 1 amide bonds. The van der Waals surface area contributed by atoms with Crippen molar-refractivity contribution >= 4 is 17.5 Å². The summed E-state index contributed by atoms with van der Waals surface area (Å²) < 4.78 is 80.2. The SMILES string of the molecule is O=C(Cn1nc(-c2ccc(Cl)cc2)n(C[C@H](O)C(F)(F)F)c1=O)NC(C[N+](=O)[O-])c1ccccc1C(F)(F)F. The molecule has 210 valence electrons. The number of rotatable bonds is 9. The van der Waals surface area contributed by atoms with Crippen molar-refractivity contribution in [3.05, 3.63) is 85.3 Å². The Bertz CT molecular complexity index is 1400. The number of aromatic nitrogens is 3. The van der Waals surface area contributed by atoms with Gasteiger partial charge in [-0.15, -0.1) is 5.10 Å². The van der Waals surface area contributed by atoms with Gasteiger partial charge in [0.05, 0.1) is 12.1 Å². The van der Waals surface area contributed by atoms with Crippen LogP contribution in [-0.4, -0.2) is 49.1 Å². The molecule has 1 unspecified atom stereocenters. The zero-order valence-electron chi connectivity index (χ0n) is 19.4. The third kappa shape index (κ3) is 7.35. The molecule has 0 radical (unpaired) electrons. The second-order valence-electron chi connectivity index (χ2n) is 8.16. The summed E-state index contributed by atoms with van der Waals surface area (Å²) in [4.78, 5) is 35.8. The van der Waals surface area contributed by atoms with Crippen molar-refractivity contribution in [3.63, 3.8) is 0 Å². The van der Waals surface area contributed by atoms with Crippen molar-refractivity contribution in [2.24, 2.45) is 0 Å². The Morgan fingerprint density at radius 2 is 1.72 bits per heavy atom. The lowest BCUT2D eigenvalue weighted by atomic mass is 9.99. The number of hydrogen-bond acceptors (Lipinski definition) is 6. The van der Waals surface area contributed by atoms with E-state index in [-0.39, 0.29) is 16.4 Å². The van der Waals surface area contributed by atoms with Crippen LogP contribution in [0.1, 0.15) is 17.2 Å². The van der Waals surface area contributed by atoms with Gasteiger partial charge in [0.1, 0.15) is 12.6 Å². The molecule has 0 fully saturated rings. The van der Waals surface area contributed by atoms with Crippen LogP contribution in [0.5, 0.6) is 0 Å². The lowest BCUT2D eigenvalue weighted by molar-refractivity contribution is -0.484. The quantitative estimate of drug-likeness (QED) is 0.226. The second-order valence-corrected chi connectivity index (χ2v) is 8.60. The number of amides is 1. The summed E-state index contributed by atoms with van der Waals surface area (Å²) in [6, 6.07) is 7.39. The van der Waals surface area contributed by atoms with E-state index in [2.05, 4.69) is 10.4 Å². The fourth-order valence-corrected chi connectivity index (χ4v) is 3.73. The molecular formula is C22H18ClF6N5O5. The van der Waals surface area contributed by atoms with Crippen LogP contribution in [0.2, 0.25) is 5.02 Å². The summed E-state index contributed by atoms with van der Waals surface area (Å²) in [5.74, 6) is -1.57. The highest BCUT2D eigenvalue weighted by molar-refractivity contribution is 6.30. The van der Waals surface area contributed by atoms with Crippen molar-refractivity contribution in [2.45, 2.75) is 37.6 Å². The van der Waals surface area contributed by atoms with E-state index in [9.17, 15) is 51.2 Å².